The van der Waals surface area contributed by atoms with E-state index in [0.717, 1.165) is 95.5 Å². The molecule has 5 rings (SSSR count). The Labute approximate surface area is 898 Å². The number of aliphatic imine (C=N–C) groups is 2. The highest BCUT2D eigenvalue weighted by Crippen LogP contribution is 2.32. The number of fused-ring (bicyclic) bond motifs is 1. The van der Waals surface area contributed by atoms with E-state index in [1.807, 2.05) is 43.2 Å². The van der Waals surface area contributed by atoms with Crippen molar-refractivity contribution in [1.82, 2.24) is 10.3 Å². The van der Waals surface area contributed by atoms with Gasteiger partial charge in [0.25, 0.3) is 0 Å². The lowest BCUT2D eigenvalue weighted by molar-refractivity contribution is -0.141. The second kappa shape index (κ2) is 75.1. The number of thioether (sulfide) groups is 1. The maximum absolute atomic E-state index is 10.2. The van der Waals surface area contributed by atoms with Crippen LogP contribution < -0.4 is 97.1 Å². The Bertz CT molecular complexity index is 3560. The lowest BCUT2D eigenvalue weighted by atomic mass is 9.79. The lowest BCUT2D eigenvalue weighted by Gasteiger charge is -2.31. The van der Waals surface area contributed by atoms with Gasteiger partial charge in [0.15, 0.2) is 5.96 Å². The van der Waals surface area contributed by atoms with E-state index < -0.39 is 12.0 Å². The number of nitrogens with one attached hydrogen (secondary N) is 2. The van der Waals surface area contributed by atoms with Crippen LogP contribution in [0.4, 0.5) is 0 Å². The molecule has 3 aromatic rings. The second-order valence-electron chi connectivity index (χ2n) is 56.4. The third-order valence-corrected chi connectivity index (χ3v) is 27.2. The largest absolute Gasteiger partial charge is 0.480 e. The van der Waals surface area contributed by atoms with Crippen LogP contribution in [0.1, 0.15) is 428 Å². The van der Waals surface area contributed by atoms with Gasteiger partial charge in [0, 0.05) is 121 Å². The number of nitrogens with zero attached hydrogens (tertiary/aromatic N) is 2. The quantitative estimate of drug-likeness (QED) is 0.0171. The molecule has 24 heteroatoms. The van der Waals surface area contributed by atoms with Crippen molar-refractivity contribution in [3.8, 4) is 0 Å². The van der Waals surface area contributed by atoms with Gasteiger partial charge in [-0.3, -0.25) is 14.8 Å². The summed E-state index contributed by atoms with van der Waals surface area (Å²) in [6, 6.07) is 24.0. The summed E-state index contributed by atoms with van der Waals surface area (Å²) in [7, 11) is 0. The zero-order valence-corrected chi connectivity index (χ0v) is 105. The molecule has 22 nitrogen and oxygen atoms in total. The predicted octanol–water partition coefficient (Wildman–Crippen LogP) is 24.5. The van der Waals surface area contributed by atoms with Crippen molar-refractivity contribution in [3.63, 3.8) is 0 Å². The molecule has 14 atom stereocenters. The fourth-order valence-corrected chi connectivity index (χ4v) is 12.7. The van der Waals surface area contributed by atoms with Crippen LogP contribution in [0.25, 0.3) is 10.9 Å². The summed E-state index contributed by atoms with van der Waals surface area (Å²) < 4.78 is 0. The zero-order chi connectivity index (χ0) is 115. The zero-order valence-electron chi connectivity index (χ0n) is 104. The van der Waals surface area contributed by atoms with E-state index in [9.17, 15) is 4.79 Å². The molecule has 2 aromatic carbocycles. The SMILES string of the molecule is CC(C)(C)C(N)C(=O)O.CC(C)(C)C(N)CC1=CN=CC1.CC(C)(C)C(N)CCCCN.CC(C)(C)C(N)CCCN=C(N)N.CC(C)(C)C(N)CS.CC(C)(C)C(N)Cc1cc2ccccc2[nH]1.CC(C)(C)C(N)Cc1ccccc1.CC(C)(C)C1CCCN1.CC(C)(C)CN.CC(C)C(N)C(C)(C)C.CC(C)CC(N)C(C)(C)C.CC(N)C(C)(C)C.CCC(C)C(N)C(C)(C)C.CSCCC(N)C(C)(C)C. The molecule has 854 valence electrons. The number of hydrogen-bond donors (Lipinski definition) is 20. The van der Waals surface area contributed by atoms with Gasteiger partial charge in [-0.25, -0.2) is 0 Å². The minimum Gasteiger partial charge on any atom is -0.480 e. The molecule has 1 saturated heterocycles. The summed E-state index contributed by atoms with van der Waals surface area (Å²) in [6.07, 6.45) is 21.2. The number of H-pyrrole nitrogens is 1. The molecule has 14 unspecified atom stereocenters. The van der Waals surface area contributed by atoms with Gasteiger partial charge in [0.05, 0.1) is 0 Å². The molecule has 0 aliphatic carbocycles. The van der Waals surface area contributed by atoms with Gasteiger partial charge in [-0.15, -0.1) is 0 Å². The van der Waals surface area contributed by atoms with Gasteiger partial charge in [-0.05, 0) is 225 Å². The van der Waals surface area contributed by atoms with Crippen LogP contribution in [0.15, 0.2) is 82.4 Å². The second-order valence-corrected chi connectivity index (χ2v) is 57.8. The van der Waals surface area contributed by atoms with Gasteiger partial charge in [0.1, 0.15) is 6.04 Å². The van der Waals surface area contributed by atoms with Crippen molar-refractivity contribution in [3.05, 3.63) is 83.7 Å². The molecule has 0 bridgehead atoms. The monoisotopic (exact) mass is 2060 g/mol. The topological polar surface area (TPSA) is 506 Å². The van der Waals surface area contributed by atoms with Crippen LogP contribution in [-0.4, -0.2) is 151 Å². The number of hydrogen-bond acceptors (Lipinski definition) is 20. The molecule has 1 aromatic heterocycles. The molecule has 3 heterocycles. The first kappa shape index (κ1) is 157. The first-order valence-electron chi connectivity index (χ1n) is 54.2. The highest BCUT2D eigenvalue weighted by atomic mass is 32.2. The number of carbonyl (C=O) groups is 1. The number of guanidine groups is 1. The average Bonchev–Trinajstić information content (AvgIpc) is 1.69. The number of para-hydroxylation sites is 1. The number of carboxylic acids is 1. The number of nitrogens with two attached hydrogens (primary N) is 16. The van der Waals surface area contributed by atoms with Gasteiger partial charge in [-0.1, -0.05) is 394 Å². The number of carboxylic acid groups (broad SMARTS) is 1. The first-order chi connectivity index (χ1) is 63.8. The summed E-state index contributed by atoms with van der Waals surface area (Å²) in [5.41, 5.74) is 99.6. The van der Waals surface area contributed by atoms with Gasteiger partial charge in [-0.2, -0.15) is 24.4 Å². The minimum atomic E-state index is -0.942. The smallest absolute Gasteiger partial charge is 0.321 e. The Kier molecular flexibility index (Phi) is 82.3. The molecule has 2 aliphatic rings. The van der Waals surface area contributed by atoms with Crippen molar-refractivity contribution in [2.75, 3.05) is 43.9 Å². The molecule has 0 saturated carbocycles. The van der Waals surface area contributed by atoms with Crippen LogP contribution in [0.5, 0.6) is 0 Å². The van der Waals surface area contributed by atoms with E-state index in [1.54, 1.807) is 20.8 Å². The summed E-state index contributed by atoms with van der Waals surface area (Å²) in [5.74, 6) is 3.10. The van der Waals surface area contributed by atoms with E-state index >= 15 is 0 Å². The third kappa shape index (κ3) is 92.8. The molecule has 0 radical (unpaired) electrons. The maximum atomic E-state index is 10.2. The van der Waals surface area contributed by atoms with Crippen molar-refractivity contribution < 1.29 is 9.90 Å². The molecule has 2 aliphatic heterocycles. The number of aliphatic carboxylic acids is 1. The summed E-state index contributed by atoms with van der Waals surface area (Å²) in [5, 5.41) is 13.2. The van der Waals surface area contributed by atoms with E-state index in [4.69, 9.17) is 96.8 Å². The van der Waals surface area contributed by atoms with E-state index in [-0.39, 0.29) is 101 Å². The highest BCUT2D eigenvalue weighted by molar-refractivity contribution is 7.98. The van der Waals surface area contributed by atoms with Crippen molar-refractivity contribution >= 4 is 53.4 Å². The Morgan fingerprint density at radius 1 is 0.483 bits per heavy atom. The van der Waals surface area contributed by atoms with Crippen molar-refractivity contribution in [2.45, 2.75) is 508 Å². The average molecular weight is 2060 g/mol. The number of benzene rings is 2. The molecule has 35 N–H and O–H groups in total. The number of thiol groups is 1. The van der Waals surface area contributed by atoms with Crippen LogP contribution in [0.2, 0.25) is 0 Å². The highest BCUT2D eigenvalue weighted by Gasteiger charge is 2.32. The van der Waals surface area contributed by atoms with Crippen molar-refractivity contribution in [2.24, 2.45) is 195 Å². The number of aromatic nitrogens is 1. The first-order valence-corrected chi connectivity index (χ1v) is 56.2. The van der Waals surface area contributed by atoms with Crippen LogP contribution in [0.3, 0.4) is 0 Å². The summed E-state index contributed by atoms with van der Waals surface area (Å²) in [6.45, 7) is 109. The lowest BCUT2D eigenvalue weighted by Crippen LogP contribution is -2.41. The van der Waals surface area contributed by atoms with Crippen LogP contribution >= 0.6 is 24.4 Å². The number of unbranched alkanes of at least 4 members (excludes halogenated alkanes) is 1. The Hall–Kier alpha value is -3.77. The van der Waals surface area contributed by atoms with Gasteiger partial charge < -0.3 is 107 Å². The van der Waals surface area contributed by atoms with E-state index in [0.29, 0.717) is 71.4 Å². The minimum absolute atomic E-state index is 0.150. The third-order valence-electron chi connectivity index (χ3n) is 26.2. The van der Waals surface area contributed by atoms with E-state index in [1.165, 1.54) is 59.3 Å². The molecule has 143 heavy (non-hydrogen) atoms. The molecule has 0 amide bonds. The summed E-state index contributed by atoms with van der Waals surface area (Å²) in [4.78, 5) is 21.6. The predicted molar refractivity (Wildman–Crippen MR) is 653 cm³/mol. The van der Waals surface area contributed by atoms with Gasteiger partial charge in [0.2, 0.25) is 0 Å². The standard InChI is InChI=1S/C14H20N2.C12H19N.C10H18N2.C9H22N4.C9H22N2.2C9H21N.C8H19NS.C8H17N.C8H19N.C6H13NO2.C6H15NS.C6H15N.C5H13N/c1-14(2,3)13(15)9-11-8-10-6-4-5-7-12(10)16-11;1-12(2,3)11(13)9-10-7-5-4-6-8-10;1-10(2,3)9(11)6-8-4-5-12-7-8;1-9(2,3)7(10)5-4-6-13-8(11)12;1-9(2,3)8(11)6-4-5-7-10;1-7(2)6-8(10)9(3,4)5;1-6-7(2)8(10)9(3,4)5;1-8(2,3)7(9)5-6-10-4;1-8(2,3)7-5-4-6-9-7;1-6(2)7(9)8(3,4)5;1-6(2,3)4(7)5(8)9;1-6(2,3)5(7)4-8;1-5(7)6(2,3)4;1-5(2,3)4-6/h4-8,13,16H,9,15H2,1-3H3;4-8,11H,9,13H2,1-3H3;5,7,9H,4,6,11H2,1-3H3;7H,4-6,10H2,1-3H3,(H4,11,12,13);8H,4-7,10-11H2,1-3H3;2*7-8H,6,10H2,1-5H3;7H,5-6,9H2,1-4H3;7,9H,4-6H2,1-3H3;6-7H,9H2,1-5H3;4H,7H2,1-3H3,(H,8,9);5,8H,4,7H2,1-3H3;5H,7H2,1-4H3;4,6H2,1-3H3. The maximum Gasteiger partial charge on any atom is 0.321 e. The van der Waals surface area contributed by atoms with Crippen LogP contribution in [-0.2, 0) is 17.6 Å². The fraction of sp³-hybridized carbons (Fsp3) is 0.840. The van der Waals surface area contributed by atoms with E-state index in [2.05, 4.69) is 399 Å². The Morgan fingerprint density at radius 2 is 0.867 bits per heavy atom. The summed E-state index contributed by atoms with van der Waals surface area (Å²) >= 11 is 5.95. The Balaban J connectivity index is -0.000000194. The Morgan fingerprint density at radius 3 is 1.12 bits per heavy atom. The molecular formula is C119H254N20O2S2. The molecule has 0 spiro atoms. The fourth-order valence-electron chi connectivity index (χ4n) is 11.7. The molecule has 1 fully saturated rings. The van der Waals surface area contributed by atoms with Crippen LogP contribution in [0, 0.1) is 93.6 Å². The normalized spacial score (nSPS) is 16.4. The number of aromatic amines is 1. The molecular weight excluding hydrogens is 1810 g/mol. The van der Waals surface area contributed by atoms with Gasteiger partial charge >= 0.3 is 5.97 Å². The van der Waals surface area contributed by atoms with Crippen molar-refractivity contribution in [1.29, 1.82) is 0 Å². The number of rotatable bonds is 24.